The van der Waals surface area contributed by atoms with Crippen LogP contribution in [0.25, 0.3) is 17.4 Å². The molecule has 9 heteroatoms. The number of hydrogen-bond donors (Lipinski definition) is 1. The fraction of sp³-hybridized carbons (Fsp3) is 0.0455. The van der Waals surface area contributed by atoms with E-state index < -0.39 is 5.97 Å². The molecule has 0 atom stereocenters. The number of hydrogen-bond acceptors (Lipinski definition) is 6. The van der Waals surface area contributed by atoms with Gasteiger partial charge in [-0.1, -0.05) is 47.7 Å². The lowest BCUT2D eigenvalue weighted by molar-refractivity contribution is -0.113. The third-order valence-corrected chi connectivity index (χ3v) is 6.13. The van der Waals surface area contributed by atoms with Crippen LogP contribution in [0.15, 0.2) is 63.9 Å². The summed E-state index contributed by atoms with van der Waals surface area (Å²) in [6.45, 7) is 0. The second-order valence-electron chi connectivity index (χ2n) is 6.39. The number of ether oxygens (including phenoxy) is 1. The van der Waals surface area contributed by atoms with Crippen molar-refractivity contribution in [2.24, 2.45) is 0 Å². The molecule has 0 unspecified atom stereocenters. The molecule has 0 bridgehead atoms. The maximum absolute atomic E-state index is 13.0. The number of nitrogens with zero attached hydrogens (tertiary/aromatic N) is 1. The second kappa shape index (κ2) is 8.58. The van der Waals surface area contributed by atoms with Crippen LogP contribution < -0.4 is 9.64 Å². The number of furan rings is 1. The number of thiocarbonyl (C=S) groups is 1. The molecule has 6 nitrogen and oxygen atoms in total. The summed E-state index contributed by atoms with van der Waals surface area (Å²) in [4.78, 5) is 26.1. The Bertz CT molecular complexity index is 1250. The highest BCUT2D eigenvalue weighted by Gasteiger charge is 2.35. The molecule has 0 saturated carbocycles. The van der Waals surface area contributed by atoms with E-state index in [1.54, 1.807) is 36.4 Å². The number of carboxylic acids is 1. The Morgan fingerprint density at radius 2 is 2.00 bits per heavy atom. The minimum atomic E-state index is -1.07. The molecule has 3 aromatic rings. The van der Waals surface area contributed by atoms with Crippen molar-refractivity contribution < 1.29 is 23.8 Å². The van der Waals surface area contributed by atoms with E-state index in [0.717, 1.165) is 11.8 Å². The molecule has 0 spiro atoms. The van der Waals surface area contributed by atoms with Crippen molar-refractivity contribution in [3.05, 3.63) is 75.8 Å². The van der Waals surface area contributed by atoms with E-state index in [9.17, 15) is 14.7 Å². The summed E-state index contributed by atoms with van der Waals surface area (Å²) in [6, 6.07) is 14.8. The highest BCUT2D eigenvalue weighted by Crippen LogP contribution is 2.40. The zero-order chi connectivity index (χ0) is 22.1. The van der Waals surface area contributed by atoms with Gasteiger partial charge >= 0.3 is 5.97 Å². The van der Waals surface area contributed by atoms with Gasteiger partial charge in [0.25, 0.3) is 5.91 Å². The van der Waals surface area contributed by atoms with Crippen LogP contribution in [0.1, 0.15) is 16.1 Å². The molecule has 0 radical (unpaired) electrons. The van der Waals surface area contributed by atoms with Gasteiger partial charge in [0.1, 0.15) is 17.3 Å². The third kappa shape index (κ3) is 4.10. The van der Waals surface area contributed by atoms with E-state index >= 15 is 0 Å². The molecule has 1 aliphatic heterocycles. The van der Waals surface area contributed by atoms with E-state index in [0.29, 0.717) is 42.8 Å². The van der Waals surface area contributed by atoms with Gasteiger partial charge in [-0.25, -0.2) is 4.79 Å². The van der Waals surface area contributed by atoms with Crippen molar-refractivity contribution in [2.75, 3.05) is 12.0 Å². The summed E-state index contributed by atoms with van der Waals surface area (Å²) in [5.41, 5.74) is 1.10. The molecule has 1 aromatic heterocycles. The average Bonchev–Trinajstić information content (AvgIpc) is 3.32. The van der Waals surface area contributed by atoms with Crippen molar-refractivity contribution in [3.8, 4) is 17.1 Å². The van der Waals surface area contributed by atoms with Gasteiger partial charge in [0.2, 0.25) is 0 Å². The number of aromatic carboxylic acids is 1. The highest BCUT2D eigenvalue weighted by molar-refractivity contribution is 8.27. The van der Waals surface area contributed by atoms with Gasteiger partial charge in [-0.2, -0.15) is 0 Å². The molecule has 1 fully saturated rings. The lowest BCUT2D eigenvalue weighted by Crippen LogP contribution is -2.27. The van der Waals surface area contributed by atoms with Gasteiger partial charge in [0.05, 0.1) is 28.3 Å². The van der Waals surface area contributed by atoms with Crippen LogP contribution in [-0.4, -0.2) is 28.4 Å². The van der Waals surface area contributed by atoms with Crippen LogP contribution in [0.5, 0.6) is 5.75 Å². The van der Waals surface area contributed by atoms with Crippen LogP contribution in [0.2, 0.25) is 5.02 Å². The Morgan fingerprint density at radius 1 is 1.23 bits per heavy atom. The molecular formula is C22H14ClNO5S2. The molecule has 1 aliphatic rings. The maximum atomic E-state index is 13.0. The molecular weight excluding hydrogens is 458 g/mol. The predicted octanol–water partition coefficient (Wildman–Crippen LogP) is 5.71. The molecule has 156 valence electrons. The maximum Gasteiger partial charge on any atom is 0.335 e. The lowest BCUT2D eigenvalue weighted by atomic mass is 10.1. The number of benzene rings is 2. The van der Waals surface area contributed by atoms with E-state index in [-0.39, 0.29) is 11.5 Å². The first-order valence-electron chi connectivity index (χ1n) is 8.93. The van der Waals surface area contributed by atoms with Crippen molar-refractivity contribution in [1.82, 2.24) is 0 Å². The van der Waals surface area contributed by atoms with Crippen LogP contribution in [0, 0.1) is 0 Å². The molecule has 31 heavy (non-hydrogen) atoms. The summed E-state index contributed by atoms with van der Waals surface area (Å²) in [5, 5.41) is 9.56. The monoisotopic (exact) mass is 471 g/mol. The van der Waals surface area contributed by atoms with E-state index in [1.807, 2.05) is 6.07 Å². The zero-order valence-corrected chi connectivity index (χ0v) is 18.4. The normalized spacial score (nSPS) is 15.0. The quantitative estimate of drug-likeness (QED) is 0.377. The molecule has 1 N–H and O–H groups in total. The lowest BCUT2D eigenvalue weighted by Gasteiger charge is -2.17. The molecule has 0 aliphatic carbocycles. The van der Waals surface area contributed by atoms with Crippen LogP contribution in [0.3, 0.4) is 0 Å². The first-order chi connectivity index (χ1) is 14.9. The van der Waals surface area contributed by atoms with Crippen molar-refractivity contribution in [1.29, 1.82) is 0 Å². The predicted molar refractivity (Wildman–Crippen MR) is 125 cm³/mol. The number of thioether (sulfide) groups is 1. The summed E-state index contributed by atoms with van der Waals surface area (Å²) < 4.78 is 11.5. The fourth-order valence-corrected chi connectivity index (χ4v) is 4.52. The van der Waals surface area contributed by atoms with Gasteiger partial charge in [-0.15, -0.1) is 0 Å². The number of carbonyl (C=O) groups is 2. The number of para-hydroxylation sites is 2. The number of carboxylic acid groups (broad SMARTS) is 1. The molecule has 1 amide bonds. The van der Waals surface area contributed by atoms with Crippen molar-refractivity contribution in [2.45, 2.75) is 0 Å². The topological polar surface area (TPSA) is 80.0 Å². The Kier molecular flexibility index (Phi) is 5.86. The molecule has 1 saturated heterocycles. The van der Waals surface area contributed by atoms with E-state index in [2.05, 4.69) is 0 Å². The van der Waals surface area contributed by atoms with Gasteiger partial charge in [-0.05, 0) is 42.5 Å². The fourth-order valence-electron chi connectivity index (χ4n) is 3.04. The van der Waals surface area contributed by atoms with Gasteiger partial charge < -0.3 is 14.3 Å². The first-order valence-corrected chi connectivity index (χ1v) is 10.5. The van der Waals surface area contributed by atoms with Crippen LogP contribution in [-0.2, 0) is 4.79 Å². The number of anilines is 1. The first kappa shape index (κ1) is 21.2. The largest absolute Gasteiger partial charge is 0.495 e. The summed E-state index contributed by atoms with van der Waals surface area (Å²) in [5.74, 6) is -0.0202. The van der Waals surface area contributed by atoms with Gasteiger partial charge in [0, 0.05) is 11.6 Å². The highest BCUT2D eigenvalue weighted by atomic mass is 35.5. The minimum absolute atomic E-state index is 0.0926. The Hall–Kier alpha value is -3.07. The number of carbonyl (C=O) groups excluding carboxylic acids is 1. The summed E-state index contributed by atoms with van der Waals surface area (Å²) in [6.07, 6.45) is 1.59. The number of rotatable bonds is 5. The van der Waals surface area contributed by atoms with Gasteiger partial charge in [0.15, 0.2) is 4.32 Å². The molecule has 4 rings (SSSR count). The van der Waals surface area contributed by atoms with Crippen LogP contribution >= 0.6 is 35.6 Å². The van der Waals surface area contributed by atoms with Crippen LogP contribution in [0.4, 0.5) is 5.69 Å². The van der Waals surface area contributed by atoms with E-state index in [1.165, 1.54) is 30.2 Å². The Balaban J connectivity index is 1.65. The summed E-state index contributed by atoms with van der Waals surface area (Å²) in [7, 11) is 1.53. The summed E-state index contributed by atoms with van der Waals surface area (Å²) >= 11 is 12.8. The zero-order valence-electron chi connectivity index (χ0n) is 16.0. The smallest absolute Gasteiger partial charge is 0.335 e. The second-order valence-corrected chi connectivity index (χ2v) is 8.47. The SMILES string of the molecule is COc1ccccc1N1C(=O)/C(=C/c2ccc(-c3cc(C(=O)O)ccc3Cl)o2)SC1=S. The number of amides is 1. The average molecular weight is 472 g/mol. The Morgan fingerprint density at radius 3 is 2.74 bits per heavy atom. The standard InChI is InChI=1S/C22H14ClNO5S2/c1-28-18-5-3-2-4-16(18)24-20(25)19(31-22(24)30)11-13-7-9-17(29-13)14-10-12(21(26)27)6-8-15(14)23/h2-11H,1H3,(H,26,27)/b19-11-. The number of methoxy groups -OCH3 is 1. The molecule has 2 heterocycles. The van der Waals surface area contributed by atoms with E-state index in [4.69, 9.17) is 33.0 Å². The number of halogens is 1. The van der Waals surface area contributed by atoms with Crippen molar-refractivity contribution in [3.63, 3.8) is 0 Å². The minimum Gasteiger partial charge on any atom is -0.495 e. The third-order valence-electron chi connectivity index (χ3n) is 4.50. The van der Waals surface area contributed by atoms with Crippen molar-refractivity contribution >= 4 is 63.5 Å². The Labute approximate surface area is 192 Å². The van der Waals surface area contributed by atoms with Gasteiger partial charge in [-0.3, -0.25) is 9.69 Å². The molecule has 2 aromatic carbocycles.